The van der Waals surface area contributed by atoms with Gasteiger partial charge in [-0.2, -0.15) is 0 Å². The Morgan fingerprint density at radius 2 is 2.41 bits per heavy atom. The molecule has 7 heteroatoms. The first-order valence-electron chi connectivity index (χ1n) is 4.82. The molecule has 0 saturated carbocycles. The van der Waals surface area contributed by atoms with E-state index >= 15 is 0 Å². The number of aromatic amines is 1. The molecule has 0 bridgehead atoms. The number of nitrogens with one attached hydrogen (secondary N) is 2. The van der Waals surface area contributed by atoms with Gasteiger partial charge in [-0.1, -0.05) is 11.3 Å². The highest BCUT2D eigenvalue weighted by Gasteiger charge is 2.08. The quantitative estimate of drug-likeness (QED) is 0.737. The molecule has 2 rings (SSSR count). The molecule has 0 radical (unpaired) electrons. The van der Waals surface area contributed by atoms with Crippen molar-refractivity contribution < 1.29 is 4.79 Å². The number of amides is 1. The number of carbonyl (C=O) groups is 1. The van der Waals surface area contributed by atoms with Gasteiger partial charge in [0.15, 0.2) is 0 Å². The van der Waals surface area contributed by atoms with Crippen molar-refractivity contribution >= 4 is 23.1 Å². The van der Waals surface area contributed by atoms with Gasteiger partial charge in [-0.15, -0.1) is 0 Å². The van der Waals surface area contributed by atoms with Crippen molar-refractivity contribution in [3.05, 3.63) is 44.6 Å². The highest BCUT2D eigenvalue weighted by atomic mass is 32.1. The Kier molecular flexibility index (Phi) is 3.20. The zero-order valence-corrected chi connectivity index (χ0v) is 9.58. The smallest absolute Gasteiger partial charge is 0.304 e. The molecule has 0 aliphatic rings. The van der Waals surface area contributed by atoms with E-state index in [4.69, 9.17) is 5.73 Å². The summed E-state index contributed by atoms with van der Waals surface area (Å²) < 4.78 is 0. The van der Waals surface area contributed by atoms with Crippen LogP contribution >= 0.6 is 11.3 Å². The van der Waals surface area contributed by atoms with Crippen LogP contribution in [0.3, 0.4) is 0 Å². The van der Waals surface area contributed by atoms with E-state index in [0.717, 1.165) is 17.0 Å². The fourth-order valence-corrected chi connectivity index (χ4v) is 1.91. The Morgan fingerprint density at radius 3 is 3.06 bits per heavy atom. The summed E-state index contributed by atoms with van der Waals surface area (Å²) in [7, 11) is 0. The van der Waals surface area contributed by atoms with E-state index in [0.29, 0.717) is 17.9 Å². The van der Waals surface area contributed by atoms with Crippen LogP contribution in [0.15, 0.2) is 28.5 Å². The van der Waals surface area contributed by atoms with E-state index in [1.54, 1.807) is 23.7 Å². The lowest BCUT2D eigenvalue weighted by molar-refractivity contribution is 0.100. The maximum atomic E-state index is 11.1. The monoisotopic (exact) mass is 250 g/mol. The third-order valence-electron chi connectivity index (χ3n) is 2.09. The van der Waals surface area contributed by atoms with Crippen molar-refractivity contribution in [3.63, 3.8) is 0 Å². The number of anilines is 1. The number of primary amides is 1. The number of hydrogen-bond donors (Lipinski definition) is 3. The molecular formula is C10H10N4O2S. The van der Waals surface area contributed by atoms with Crippen LogP contribution in [0.4, 0.5) is 5.82 Å². The van der Waals surface area contributed by atoms with Gasteiger partial charge in [0.1, 0.15) is 5.82 Å². The standard InChI is InChI=1S/C10H10N4O2S/c11-8(15)7-2-1-3-12-9(7)13-4-6-5-17-10(16)14-6/h1-3,5H,4H2,(H2,11,15)(H,12,13)(H,14,16). The normalized spacial score (nSPS) is 10.1. The molecule has 1 amide bonds. The SMILES string of the molecule is NC(=O)c1cccnc1NCc1csc(=O)[nH]1. The first-order valence-corrected chi connectivity index (χ1v) is 5.70. The van der Waals surface area contributed by atoms with E-state index in [1.807, 2.05) is 0 Å². The molecule has 6 nitrogen and oxygen atoms in total. The Labute approximate surface area is 101 Å². The maximum absolute atomic E-state index is 11.1. The second-order valence-electron chi connectivity index (χ2n) is 3.29. The zero-order chi connectivity index (χ0) is 12.3. The molecule has 2 heterocycles. The number of aromatic nitrogens is 2. The van der Waals surface area contributed by atoms with Gasteiger partial charge in [0, 0.05) is 17.3 Å². The largest absolute Gasteiger partial charge is 0.365 e. The number of pyridine rings is 1. The first-order chi connectivity index (χ1) is 8.16. The van der Waals surface area contributed by atoms with Crippen LogP contribution in [0, 0.1) is 0 Å². The molecule has 88 valence electrons. The predicted molar refractivity (Wildman–Crippen MR) is 65.0 cm³/mol. The molecule has 0 aliphatic heterocycles. The maximum Gasteiger partial charge on any atom is 0.304 e. The average Bonchev–Trinajstić information content (AvgIpc) is 2.73. The van der Waals surface area contributed by atoms with Crippen molar-refractivity contribution in [1.29, 1.82) is 0 Å². The molecule has 0 saturated heterocycles. The van der Waals surface area contributed by atoms with Gasteiger partial charge < -0.3 is 16.0 Å². The van der Waals surface area contributed by atoms with Crippen molar-refractivity contribution in [3.8, 4) is 0 Å². The number of thiazole rings is 1. The lowest BCUT2D eigenvalue weighted by Gasteiger charge is -2.06. The highest BCUT2D eigenvalue weighted by Crippen LogP contribution is 2.11. The number of nitrogens with zero attached hydrogens (tertiary/aromatic N) is 1. The van der Waals surface area contributed by atoms with Crippen molar-refractivity contribution in [1.82, 2.24) is 9.97 Å². The number of H-pyrrole nitrogens is 1. The number of carbonyl (C=O) groups excluding carboxylic acids is 1. The Balaban J connectivity index is 2.14. The summed E-state index contributed by atoms with van der Waals surface area (Å²) in [5, 5.41) is 4.66. The van der Waals surface area contributed by atoms with Gasteiger partial charge in [-0.3, -0.25) is 9.59 Å². The third-order valence-corrected chi connectivity index (χ3v) is 2.81. The van der Waals surface area contributed by atoms with E-state index in [2.05, 4.69) is 15.3 Å². The zero-order valence-electron chi connectivity index (χ0n) is 8.77. The second kappa shape index (κ2) is 4.79. The number of rotatable bonds is 4. The van der Waals surface area contributed by atoms with Gasteiger partial charge in [0.05, 0.1) is 12.1 Å². The van der Waals surface area contributed by atoms with Crippen LogP contribution in [0.2, 0.25) is 0 Å². The number of nitrogens with two attached hydrogens (primary N) is 1. The van der Waals surface area contributed by atoms with Gasteiger partial charge >= 0.3 is 4.87 Å². The molecule has 0 aliphatic carbocycles. The van der Waals surface area contributed by atoms with Crippen LogP contribution in [0.5, 0.6) is 0 Å². The molecular weight excluding hydrogens is 240 g/mol. The minimum Gasteiger partial charge on any atom is -0.365 e. The molecule has 0 spiro atoms. The third kappa shape index (κ3) is 2.70. The predicted octanol–water partition coefficient (Wildman–Crippen LogP) is 0.542. The van der Waals surface area contributed by atoms with Crippen LogP contribution < -0.4 is 15.9 Å². The second-order valence-corrected chi connectivity index (χ2v) is 4.13. The summed E-state index contributed by atoms with van der Waals surface area (Å²) in [5.74, 6) is -0.133. The molecule has 0 unspecified atom stereocenters. The topological polar surface area (TPSA) is 101 Å². The molecule has 2 aromatic heterocycles. The molecule has 2 aromatic rings. The summed E-state index contributed by atoms with van der Waals surface area (Å²) in [5.41, 5.74) is 6.27. The molecule has 0 atom stereocenters. The summed E-state index contributed by atoms with van der Waals surface area (Å²) in [6.45, 7) is 0.385. The molecule has 0 fully saturated rings. The fourth-order valence-electron chi connectivity index (χ4n) is 1.32. The Hall–Kier alpha value is -2.15. The van der Waals surface area contributed by atoms with Crippen LogP contribution in [0.1, 0.15) is 16.1 Å². The van der Waals surface area contributed by atoms with E-state index in [-0.39, 0.29) is 4.87 Å². The first kappa shape index (κ1) is 11.3. The number of hydrogen-bond acceptors (Lipinski definition) is 5. The minimum absolute atomic E-state index is 0.113. The van der Waals surface area contributed by atoms with Crippen LogP contribution in [0.25, 0.3) is 0 Å². The fraction of sp³-hybridized carbons (Fsp3) is 0.100. The summed E-state index contributed by atoms with van der Waals surface area (Å²) >= 11 is 1.09. The molecule has 17 heavy (non-hydrogen) atoms. The summed E-state index contributed by atoms with van der Waals surface area (Å²) in [6, 6.07) is 3.23. The minimum atomic E-state index is -0.542. The van der Waals surface area contributed by atoms with Crippen molar-refractivity contribution in [2.75, 3.05) is 5.32 Å². The lowest BCUT2D eigenvalue weighted by atomic mass is 10.2. The van der Waals surface area contributed by atoms with Gasteiger partial charge in [-0.25, -0.2) is 4.98 Å². The lowest BCUT2D eigenvalue weighted by Crippen LogP contribution is -2.15. The summed E-state index contributed by atoms with van der Waals surface area (Å²) in [4.78, 5) is 28.6. The highest BCUT2D eigenvalue weighted by molar-refractivity contribution is 7.07. The van der Waals surface area contributed by atoms with E-state index < -0.39 is 5.91 Å². The van der Waals surface area contributed by atoms with Crippen molar-refractivity contribution in [2.45, 2.75) is 6.54 Å². The van der Waals surface area contributed by atoms with Gasteiger partial charge in [-0.05, 0) is 12.1 Å². The van der Waals surface area contributed by atoms with Gasteiger partial charge in [0.2, 0.25) is 0 Å². The van der Waals surface area contributed by atoms with Crippen LogP contribution in [-0.4, -0.2) is 15.9 Å². The Morgan fingerprint density at radius 1 is 1.59 bits per heavy atom. The van der Waals surface area contributed by atoms with Gasteiger partial charge in [0.25, 0.3) is 5.91 Å². The van der Waals surface area contributed by atoms with E-state index in [9.17, 15) is 9.59 Å². The average molecular weight is 250 g/mol. The van der Waals surface area contributed by atoms with Crippen molar-refractivity contribution in [2.24, 2.45) is 5.73 Å². The van der Waals surface area contributed by atoms with E-state index in [1.165, 1.54) is 0 Å². The molecule has 4 N–H and O–H groups in total. The molecule has 0 aromatic carbocycles. The summed E-state index contributed by atoms with van der Waals surface area (Å²) in [6.07, 6.45) is 1.56. The van der Waals surface area contributed by atoms with Crippen LogP contribution in [-0.2, 0) is 6.54 Å². The Bertz CT molecular complexity index is 590.